The van der Waals surface area contributed by atoms with Gasteiger partial charge in [-0.1, -0.05) is 12.1 Å². The number of imide groups is 1. The molecule has 0 bridgehead atoms. The zero-order valence-corrected chi connectivity index (χ0v) is 12.2. The number of fused-ring (bicyclic) bond motifs is 1. The Morgan fingerprint density at radius 2 is 2.00 bits per heavy atom. The molecule has 7 nitrogen and oxygen atoms in total. The quantitative estimate of drug-likeness (QED) is 0.557. The summed E-state index contributed by atoms with van der Waals surface area (Å²) in [6, 6.07) is 3.96. The van der Waals surface area contributed by atoms with E-state index in [9.17, 15) is 19.8 Å². The first-order valence-corrected chi connectivity index (χ1v) is 7.30. The van der Waals surface area contributed by atoms with Gasteiger partial charge in [0.2, 0.25) is 0 Å². The van der Waals surface area contributed by atoms with Gasteiger partial charge >= 0.3 is 0 Å². The average molecular weight is 305 g/mol. The van der Waals surface area contributed by atoms with Crippen molar-refractivity contribution in [2.45, 2.75) is 44.3 Å². The molecule has 0 aromatic heterocycles. The smallest absolute Gasteiger partial charge is 0.262 e. The number of nitrogens with zero attached hydrogens (tertiary/aromatic N) is 1. The number of carbonyl (C=O) groups excluding carboxylic acids is 2. The second kappa shape index (κ2) is 5.44. The molecule has 0 aliphatic carbocycles. The van der Waals surface area contributed by atoms with Crippen molar-refractivity contribution in [1.82, 2.24) is 10.2 Å². The summed E-state index contributed by atoms with van der Waals surface area (Å²) in [7, 11) is 0. The number of benzene rings is 1. The number of aliphatic hydroxyl groups is 2. The Morgan fingerprint density at radius 1 is 1.27 bits per heavy atom. The number of piperidine rings is 1. The van der Waals surface area contributed by atoms with Crippen molar-refractivity contribution in [2.75, 3.05) is 0 Å². The Morgan fingerprint density at radius 3 is 2.64 bits per heavy atom. The number of rotatable bonds is 2. The second-order valence-corrected chi connectivity index (χ2v) is 5.81. The fourth-order valence-corrected chi connectivity index (χ4v) is 3.16. The number of carbonyl (C=O) groups is 2. The van der Waals surface area contributed by atoms with Crippen molar-refractivity contribution in [3.8, 4) is 0 Å². The number of hydrogen-bond acceptors (Lipinski definition) is 6. The normalized spacial score (nSPS) is 29.6. The molecule has 2 heterocycles. The first kappa shape index (κ1) is 15.1. The third-order valence-corrected chi connectivity index (χ3v) is 4.26. The third kappa shape index (κ3) is 2.22. The highest BCUT2D eigenvalue weighted by Gasteiger charge is 2.45. The molecule has 5 N–H and O–H groups in total. The van der Waals surface area contributed by atoms with Crippen LogP contribution in [-0.2, 0) is 0 Å². The monoisotopic (exact) mass is 305 g/mol. The van der Waals surface area contributed by atoms with Gasteiger partial charge in [0.25, 0.3) is 11.8 Å². The van der Waals surface area contributed by atoms with E-state index in [1.165, 1.54) is 0 Å². The van der Waals surface area contributed by atoms with Gasteiger partial charge < -0.3 is 15.9 Å². The maximum absolute atomic E-state index is 12.7. The molecule has 0 saturated carbocycles. The largest absolute Gasteiger partial charge is 0.379 e. The summed E-state index contributed by atoms with van der Waals surface area (Å²) in [6.45, 7) is 1.75. The Kier molecular flexibility index (Phi) is 3.73. The molecule has 118 valence electrons. The van der Waals surface area contributed by atoms with E-state index in [0.717, 1.165) is 4.90 Å². The molecule has 0 radical (unpaired) electrons. The van der Waals surface area contributed by atoms with Crippen LogP contribution in [0.15, 0.2) is 18.2 Å². The van der Waals surface area contributed by atoms with Gasteiger partial charge in [-0.05, 0) is 31.4 Å². The van der Waals surface area contributed by atoms with E-state index in [2.05, 4.69) is 5.32 Å². The van der Waals surface area contributed by atoms with E-state index in [1.54, 1.807) is 25.1 Å². The summed E-state index contributed by atoms with van der Waals surface area (Å²) >= 11 is 0. The van der Waals surface area contributed by atoms with E-state index in [4.69, 9.17) is 5.73 Å². The van der Waals surface area contributed by atoms with Gasteiger partial charge in [-0.25, -0.2) is 0 Å². The molecule has 1 aromatic carbocycles. The lowest BCUT2D eigenvalue weighted by molar-refractivity contribution is -0.0413. The van der Waals surface area contributed by atoms with Crippen molar-refractivity contribution < 1.29 is 19.8 Å². The van der Waals surface area contributed by atoms with Crippen LogP contribution in [0.1, 0.15) is 52.1 Å². The van der Waals surface area contributed by atoms with Gasteiger partial charge in [0, 0.05) is 6.04 Å². The lowest BCUT2D eigenvalue weighted by Crippen LogP contribution is -2.58. The van der Waals surface area contributed by atoms with E-state index < -0.39 is 30.3 Å². The van der Waals surface area contributed by atoms with Crippen LogP contribution in [0.5, 0.6) is 0 Å². The van der Waals surface area contributed by atoms with Crippen LogP contribution >= 0.6 is 0 Å². The first-order chi connectivity index (χ1) is 10.4. The maximum atomic E-state index is 12.7. The molecule has 1 fully saturated rings. The van der Waals surface area contributed by atoms with Gasteiger partial charge in [0.15, 0.2) is 0 Å². The highest BCUT2D eigenvalue weighted by atomic mass is 16.3. The zero-order chi connectivity index (χ0) is 16.0. The summed E-state index contributed by atoms with van der Waals surface area (Å²) < 4.78 is 0. The number of aliphatic hydroxyl groups excluding tert-OH is 2. The minimum atomic E-state index is -1.15. The van der Waals surface area contributed by atoms with Crippen LogP contribution in [0.3, 0.4) is 0 Å². The van der Waals surface area contributed by atoms with E-state index >= 15 is 0 Å². The second-order valence-electron chi connectivity index (χ2n) is 5.81. The molecule has 2 aliphatic heterocycles. The molecule has 4 unspecified atom stereocenters. The van der Waals surface area contributed by atoms with Gasteiger partial charge in [0.1, 0.15) is 12.5 Å². The summed E-state index contributed by atoms with van der Waals surface area (Å²) in [5, 5.41) is 22.1. The van der Waals surface area contributed by atoms with Crippen LogP contribution < -0.4 is 11.1 Å². The molecule has 22 heavy (non-hydrogen) atoms. The van der Waals surface area contributed by atoms with Crippen molar-refractivity contribution in [3.63, 3.8) is 0 Å². The van der Waals surface area contributed by atoms with Crippen molar-refractivity contribution in [2.24, 2.45) is 5.73 Å². The van der Waals surface area contributed by atoms with Crippen LogP contribution in [0.25, 0.3) is 0 Å². The SMILES string of the molecule is CC(N)c1cccc2c1C(=O)N(C1CCC(O)NC1O)C2=O. The average Bonchev–Trinajstić information content (AvgIpc) is 2.72. The molecule has 4 atom stereocenters. The number of nitrogens with two attached hydrogens (primary N) is 1. The topological polar surface area (TPSA) is 116 Å². The van der Waals surface area contributed by atoms with E-state index in [-0.39, 0.29) is 6.04 Å². The molecular weight excluding hydrogens is 286 g/mol. The Balaban J connectivity index is 1.99. The first-order valence-electron chi connectivity index (χ1n) is 7.30. The summed E-state index contributed by atoms with van der Waals surface area (Å²) in [4.78, 5) is 26.4. The van der Waals surface area contributed by atoms with E-state index in [0.29, 0.717) is 29.5 Å². The van der Waals surface area contributed by atoms with Gasteiger partial charge in [-0.3, -0.25) is 19.8 Å². The van der Waals surface area contributed by atoms with Gasteiger partial charge in [0.05, 0.1) is 17.2 Å². The standard InChI is InChI=1S/C15H19N3O4/c1-7(16)8-3-2-4-9-12(8)15(22)18(14(9)21)10-5-6-11(19)17-13(10)20/h2-4,7,10-11,13,17,19-20H,5-6,16H2,1H3. The lowest BCUT2D eigenvalue weighted by atomic mass is 9.98. The van der Waals surface area contributed by atoms with Crippen LogP contribution in [0.2, 0.25) is 0 Å². The molecule has 2 amide bonds. The number of hydrogen-bond donors (Lipinski definition) is 4. The zero-order valence-electron chi connectivity index (χ0n) is 12.2. The van der Waals surface area contributed by atoms with Crippen LogP contribution in [0, 0.1) is 0 Å². The summed E-state index contributed by atoms with van der Waals surface area (Å²) in [6.07, 6.45) is -1.28. The lowest BCUT2D eigenvalue weighted by Gasteiger charge is -2.36. The Labute approximate surface area is 127 Å². The molecule has 1 aromatic rings. The van der Waals surface area contributed by atoms with Crippen LogP contribution in [0.4, 0.5) is 0 Å². The minimum absolute atomic E-state index is 0.318. The van der Waals surface area contributed by atoms with Crippen LogP contribution in [-0.4, -0.2) is 45.4 Å². The van der Waals surface area contributed by atoms with Gasteiger partial charge in [-0.2, -0.15) is 0 Å². The molecule has 1 saturated heterocycles. The highest BCUT2D eigenvalue weighted by Crippen LogP contribution is 2.32. The number of nitrogens with one attached hydrogen (secondary N) is 1. The van der Waals surface area contributed by atoms with Crippen molar-refractivity contribution in [1.29, 1.82) is 0 Å². The number of amides is 2. The predicted molar refractivity (Wildman–Crippen MR) is 77.7 cm³/mol. The fraction of sp³-hybridized carbons (Fsp3) is 0.467. The van der Waals surface area contributed by atoms with Crippen molar-refractivity contribution in [3.05, 3.63) is 34.9 Å². The highest BCUT2D eigenvalue weighted by molar-refractivity contribution is 6.22. The Bertz CT molecular complexity index is 631. The van der Waals surface area contributed by atoms with E-state index in [1.807, 2.05) is 0 Å². The fourth-order valence-electron chi connectivity index (χ4n) is 3.16. The van der Waals surface area contributed by atoms with Gasteiger partial charge in [-0.15, -0.1) is 0 Å². The third-order valence-electron chi connectivity index (χ3n) is 4.26. The maximum Gasteiger partial charge on any atom is 0.262 e. The molecule has 3 rings (SSSR count). The summed E-state index contributed by atoms with van der Waals surface area (Å²) in [5.41, 5.74) is 7.15. The molecule has 2 aliphatic rings. The Hall–Kier alpha value is -1.80. The molecule has 7 heteroatoms. The minimum Gasteiger partial charge on any atom is -0.379 e. The predicted octanol–water partition coefficient (Wildman–Crippen LogP) is -0.309. The summed E-state index contributed by atoms with van der Waals surface area (Å²) in [5.74, 6) is -0.861. The van der Waals surface area contributed by atoms with Crippen molar-refractivity contribution >= 4 is 11.8 Å². The molecular formula is C15H19N3O4. The molecule has 0 spiro atoms.